The number of hydrogen-bond acceptors (Lipinski definition) is 6. The fourth-order valence-corrected chi connectivity index (χ4v) is 7.38. The molecule has 2 bridgehead atoms. The number of fused-ring (bicyclic) bond motifs is 3. The Kier molecular flexibility index (Phi) is 7.93. The number of rotatable bonds is 8. The van der Waals surface area contributed by atoms with Crippen molar-refractivity contribution in [1.82, 2.24) is 14.5 Å². The lowest BCUT2D eigenvalue weighted by molar-refractivity contribution is -0.136. The van der Waals surface area contributed by atoms with Gasteiger partial charge in [-0.2, -0.15) is 0 Å². The molecule has 8 nitrogen and oxygen atoms in total. The van der Waals surface area contributed by atoms with Gasteiger partial charge in [0.1, 0.15) is 12.8 Å². The van der Waals surface area contributed by atoms with Crippen LogP contribution in [0.25, 0.3) is 11.0 Å². The Hall–Kier alpha value is -2.74. The van der Waals surface area contributed by atoms with E-state index in [1.807, 2.05) is 28.8 Å². The molecule has 2 saturated carbocycles. The van der Waals surface area contributed by atoms with Gasteiger partial charge in [-0.25, -0.2) is 4.98 Å². The van der Waals surface area contributed by atoms with E-state index in [1.165, 1.54) is 45.6 Å². The first-order valence-electron chi connectivity index (χ1n) is 14.1. The van der Waals surface area contributed by atoms with Gasteiger partial charge >= 0.3 is 5.97 Å². The van der Waals surface area contributed by atoms with Crippen LogP contribution in [0.5, 0.6) is 0 Å². The van der Waals surface area contributed by atoms with E-state index in [2.05, 4.69) is 22.0 Å². The maximum absolute atomic E-state index is 14.0. The number of benzene rings is 1. The zero-order valence-corrected chi connectivity index (χ0v) is 22.1. The highest BCUT2D eigenvalue weighted by Crippen LogP contribution is 2.43. The molecule has 2 heterocycles. The first-order chi connectivity index (χ1) is 18.0. The van der Waals surface area contributed by atoms with Crippen molar-refractivity contribution in [2.75, 3.05) is 13.7 Å². The number of aliphatic carboxylic acids is 1. The number of likely N-dealkylation sites (tertiary alicyclic amines) is 1. The molecule has 3 aliphatic rings. The minimum absolute atomic E-state index is 0.0618. The molecule has 0 amide bonds. The van der Waals surface area contributed by atoms with Crippen molar-refractivity contribution >= 4 is 22.7 Å². The number of aromatic nitrogens is 2. The molecule has 3 fully saturated rings. The lowest BCUT2D eigenvalue weighted by Crippen LogP contribution is -2.52. The molecule has 2 aromatic rings. The van der Waals surface area contributed by atoms with Crippen LogP contribution in [0.15, 0.2) is 34.2 Å². The third-order valence-electron chi connectivity index (χ3n) is 8.99. The van der Waals surface area contributed by atoms with Crippen molar-refractivity contribution in [3.05, 3.63) is 40.3 Å². The molecule has 1 aliphatic heterocycles. The maximum atomic E-state index is 14.0. The van der Waals surface area contributed by atoms with Crippen LogP contribution in [0.3, 0.4) is 0 Å². The van der Waals surface area contributed by atoms with Crippen LogP contribution in [0.1, 0.15) is 89.3 Å². The van der Waals surface area contributed by atoms with E-state index < -0.39 is 5.97 Å². The second-order valence-electron chi connectivity index (χ2n) is 11.2. The van der Waals surface area contributed by atoms with Gasteiger partial charge in [0.25, 0.3) is 5.56 Å². The molecule has 1 N–H and O–H groups in total. The van der Waals surface area contributed by atoms with E-state index in [0.717, 1.165) is 43.2 Å². The molecule has 200 valence electrons. The highest BCUT2D eigenvalue weighted by Gasteiger charge is 2.39. The first kappa shape index (κ1) is 25.9. The molecule has 8 heteroatoms. The van der Waals surface area contributed by atoms with Gasteiger partial charge in [0.2, 0.25) is 0 Å². The molecular formula is C29H40N4O4. The minimum Gasteiger partial charge on any atom is -0.481 e. The van der Waals surface area contributed by atoms with E-state index >= 15 is 0 Å². The van der Waals surface area contributed by atoms with Crippen LogP contribution < -0.4 is 5.56 Å². The highest BCUT2D eigenvalue weighted by atomic mass is 16.6. The Morgan fingerprint density at radius 1 is 1.08 bits per heavy atom. The lowest BCUT2D eigenvalue weighted by atomic mass is 9.69. The summed E-state index contributed by atoms with van der Waals surface area (Å²) in [5, 5.41) is 13.2. The normalized spacial score (nSPS) is 28.8. The molecule has 0 spiro atoms. The average Bonchev–Trinajstić information content (AvgIpc) is 2.90. The zero-order valence-electron chi connectivity index (χ0n) is 22.1. The van der Waals surface area contributed by atoms with E-state index in [4.69, 9.17) is 4.84 Å². The van der Waals surface area contributed by atoms with Crippen LogP contribution in [-0.2, 0) is 9.63 Å². The fourth-order valence-electron chi connectivity index (χ4n) is 7.38. The number of carboxylic acid groups (broad SMARTS) is 1. The summed E-state index contributed by atoms with van der Waals surface area (Å²) in [4.78, 5) is 37.6. The molecule has 0 radical (unpaired) electrons. The van der Waals surface area contributed by atoms with Crippen LogP contribution in [0, 0.1) is 11.8 Å². The molecule has 5 rings (SSSR count). The second-order valence-corrected chi connectivity index (χ2v) is 11.2. The number of nitrogens with zero attached hydrogens (tertiary/aromatic N) is 4. The molecule has 5 atom stereocenters. The number of carbonyl (C=O) groups is 1. The van der Waals surface area contributed by atoms with Crippen LogP contribution in [0.2, 0.25) is 0 Å². The van der Waals surface area contributed by atoms with E-state index in [9.17, 15) is 14.7 Å². The van der Waals surface area contributed by atoms with Crippen molar-refractivity contribution in [2.24, 2.45) is 17.0 Å². The Morgan fingerprint density at radius 3 is 2.54 bits per heavy atom. The smallest absolute Gasteiger partial charge is 0.303 e. The maximum Gasteiger partial charge on any atom is 0.303 e. The van der Waals surface area contributed by atoms with Crippen molar-refractivity contribution in [3.63, 3.8) is 0 Å². The molecule has 1 saturated heterocycles. The van der Waals surface area contributed by atoms with Crippen LogP contribution in [-0.4, -0.2) is 57.0 Å². The average molecular weight is 509 g/mol. The molecule has 2 unspecified atom stereocenters. The van der Waals surface area contributed by atoms with Gasteiger partial charge in [0, 0.05) is 31.1 Å². The Bertz CT molecular complexity index is 1200. The second kappa shape index (κ2) is 11.3. The number of hydrogen-bond donors (Lipinski definition) is 1. The number of oxime groups is 1. The van der Waals surface area contributed by atoms with Crippen molar-refractivity contribution in [3.8, 4) is 0 Å². The zero-order chi connectivity index (χ0) is 25.9. The van der Waals surface area contributed by atoms with Crippen LogP contribution in [0.4, 0.5) is 0 Å². The van der Waals surface area contributed by atoms with E-state index in [-0.39, 0.29) is 35.8 Å². The molecule has 1 aromatic heterocycles. The number of carboxylic acids is 1. The van der Waals surface area contributed by atoms with Gasteiger partial charge in [0.05, 0.1) is 17.5 Å². The molecule has 37 heavy (non-hydrogen) atoms. The molecule has 1 aromatic carbocycles. The summed E-state index contributed by atoms with van der Waals surface area (Å²) in [7, 11) is 1.40. The summed E-state index contributed by atoms with van der Waals surface area (Å²) in [6.45, 7) is 3.28. The monoisotopic (exact) mass is 508 g/mol. The van der Waals surface area contributed by atoms with Gasteiger partial charge in [-0.3, -0.25) is 14.5 Å². The predicted octanol–water partition coefficient (Wildman–Crippen LogP) is 5.00. The van der Waals surface area contributed by atoms with E-state index in [0.29, 0.717) is 17.6 Å². The summed E-state index contributed by atoms with van der Waals surface area (Å²) in [6, 6.07) is 8.91. The molecule has 2 aliphatic carbocycles. The third-order valence-corrected chi connectivity index (χ3v) is 8.99. The number of para-hydroxylation sites is 2. The first-order valence-corrected chi connectivity index (χ1v) is 14.1. The van der Waals surface area contributed by atoms with Crippen molar-refractivity contribution < 1.29 is 14.7 Å². The lowest BCUT2D eigenvalue weighted by Gasteiger charge is -2.49. The van der Waals surface area contributed by atoms with Crippen molar-refractivity contribution in [2.45, 2.75) is 95.7 Å². The van der Waals surface area contributed by atoms with E-state index in [1.54, 1.807) is 0 Å². The Balaban J connectivity index is 1.46. The van der Waals surface area contributed by atoms with Gasteiger partial charge in [0.15, 0.2) is 5.69 Å². The summed E-state index contributed by atoms with van der Waals surface area (Å²) < 4.78 is 1.92. The third kappa shape index (κ3) is 5.44. The van der Waals surface area contributed by atoms with Gasteiger partial charge in [-0.05, 0) is 62.5 Å². The fraction of sp³-hybridized carbons (Fsp3) is 0.655. The Labute approximate surface area is 218 Å². The SMILES string of the molecule is CC[C@@H]1CC(n2c(=O)c(/C(CCC(=O)O)=N/OC)nc3ccccc32)CCN1[C@H]1CC2CCC[C@@H](C2)C1. The highest BCUT2D eigenvalue weighted by molar-refractivity contribution is 6.00. The van der Waals surface area contributed by atoms with Gasteiger partial charge in [-0.15, -0.1) is 0 Å². The predicted molar refractivity (Wildman–Crippen MR) is 144 cm³/mol. The largest absolute Gasteiger partial charge is 0.481 e. The van der Waals surface area contributed by atoms with Crippen molar-refractivity contribution in [1.29, 1.82) is 0 Å². The minimum atomic E-state index is -0.949. The summed E-state index contributed by atoms with van der Waals surface area (Å²) >= 11 is 0. The van der Waals surface area contributed by atoms with Gasteiger partial charge < -0.3 is 14.5 Å². The standard InChI is InChI=1S/C29H40N4O4/c1-3-21-18-22(13-14-32(21)23-16-19-7-6-8-20(15-19)17-23)33-26-10-5-4-9-24(26)30-28(29(33)36)25(31-37-2)11-12-27(34)35/h4-5,9-10,19-23H,3,6-8,11-18H2,1-2H3,(H,34,35)/b31-25+/t19-,20?,21+,22?,23+/m0/s1. The summed E-state index contributed by atoms with van der Waals surface area (Å²) in [5.74, 6) is 0.840. The van der Waals surface area contributed by atoms with Gasteiger partial charge in [-0.1, -0.05) is 43.5 Å². The Morgan fingerprint density at radius 2 is 1.84 bits per heavy atom. The number of piperidine rings is 1. The summed E-state index contributed by atoms with van der Waals surface area (Å²) in [5.41, 5.74) is 1.81. The quantitative estimate of drug-likeness (QED) is 0.398. The summed E-state index contributed by atoms with van der Waals surface area (Å²) in [6.07, 6.45) is 11.2. The topological polar surface area (TPSA) is 97.0 Å². The van der Waals surface area contributed by atoms with Crippen LogP contribution >= 0.6 is 0 Å². The molecular weight excluding hydrogens is 468 g/mol.